The van der Waals surface area contributed by atoms with Crippen LogP contribution in [0.1, 0.15) is 50.7 Å². The number of aliphatic carboxylic acids is 1. The Morgan fingerprint density at radius 3 is 2.50 bits per heavy atom. The minimum atomic E-state index is -1.02. The number of allylic oxidation sites excluding steroid dienone is 1. The van der Waals surface area contributed by atoms with E-state index < -0.39 is 5.97 Å². The maximum atomic E-state index is 11.2. The number of ether oxygens (including phenoxy) is 1. The molecule has 0 fully saturated rings. The average Bonchev–Trinajstić information content (AvgIpc) is 2.44. The zero-order valence-corrected chi connectivity index (χ0v) is 12.6. The van der Waals surface area contributed by atoms with Crippen molar-refractivity contribution in [3.05, 3.63) is 41.2 Å². The largest absolute Gasteiger partial charge is 0.490 e. The number of rotatable bonds is 8. The van der Waals surface area contributed by atoms with Gasteiger partial charge in [0.1, 0.15) is 0 Å². The summed E-state index contributed by atoms with van der Waals surface area (Å²) >= 11 is 0. The topological polar surface area (TPSA) is 46.5 Å². The van der Waals surface area contributed by atoms with Crippen molar-refractivity contribution in [2.24, 2.45) is 0 Å². The second-order valence-corrected chi connectivity index (χ2v) is 4.93. The fourth-order valence-electron chi connectivity index (χ4n) is 2.37. The number of benzene rings is 1. The molecule has 0 spiro atoms. The van der Waals surface area contributed by atoms with Crippen molar-refractivity contribution >= 4 is 11.5 Å². The van der Waals surface area contributed by atoms with Gasteiger partial charge in [0.25, 0.3) is 0 Å². The molecule has 0 bridgehead atoms. The van der Waals surface area contributed by atoms with Crippen LogP contribution in [0, 0.1) is 0 Å². The van der Waals surface area contributed by atoms with Crippen LogP contribution >= 0.6 is 0 Å². The first kappa shape index (κ1) is 16.3. The molecule has 0 aliphatic rings. The van der Waals surface area contributed by atoms with Gasteiger partial charge >= 0.3 is 5.97 Å². The minimum Gasteiger partial charge on any atom is -0.490 e. The van der Waals surface area contributed by atoms with E-state index in [9.17, 15) is 4.79 Å². The number of aryl methyl sites for hydroxylation is 1. The van der Waals surface area contributed by atoms with Gasteiger partial charge in [0.05, 0.1) is 7.11 Å². The zero-order valence-electron chi connectivity index (χ0n) is 12.6. The lowest BCUT2D eigenvalue weighted by Gasteiger charge is -2.12. The molecule has 0 aliphatic carbocycles. The molecule has 1 aromatic carbocycles. The van der Waals surface area contributed by atoms with Gasteiger partial charge in [-0.15, -0.1) is 0 Å². The van der Waals surface area contributed by atoms with Crippen molar-refractivity contribution in [1.29, 1.82) is 0 Å². The Morgan fingerprint density at radius 2 is 1.90 bits per heavy atom. The Labute approximate surface area is 121 Å². The standard InChI is InChI=1S/C17H24O3/c1-4-5-6-7-10-14-11-8-9-12-15(14)13(2)16(20-3)17(18)19/h8-9,11-12H,4-7,10H2,1-3H3,(H,18,19). The molecule has 3 nitrogen and oxygen atoms in total. The fourth-order valence-corrected chi connectivity index (χ4v) is 2.37. The van der Waals surface area contributed by atoms with Crippen molar-refractivity contribution in [2.45, 2.75) is 46.0 Å². The molecule has 20 heavy (non-hydrogen) atoms. The van der Waals surface area contributed by atoms with E-state index in [1.54, 1.807) is 6.92 Å². The Hall–Kier alpha value is -1.77. The van der Waals surface area contributed by atoms with Crippen LogP contribution in [0.3, 0.4) is 0 Å². The lowest BCUT2D eigenvalue weighted by atomic mass is 9.95. The summed E-state index contributed by atoms with van der Waals surface area (Å²) in [6.07, 6.45) is 5.78. The second kappa shape index (κ2) is 8.41. The number of unbranched alkanes of at least 4 members (excludes halogenated alkanes) is 3. The number of hydrogen-bond donors (Lipinski definition) is 1. The van der Waals surface area contributed by atoms with Crippen LogP contribution in [0.4, 0.5) is 0 Å². The number of carboxylic acid groups (broad SMARTS) is 1. The Bertz CT molecular complexity index is 475. The van der Waals surface area contributed by atoms with E-state index in [0.29, 0.717) is 5.57 Å². The third kappa shape index (κ3) is 4.41. The van der Waals surface area contributed by atoms with E-state index in [4.69, 9.17) is 9.84 Å². The summed E-state index contributed by atoms with van der Waals surface area (Å²) in [7, 11) is 1.40. The summed E-state index contributed by atoms with van der Waals surface area (Å²) in [6.45, 7) is 4.00. The van der Waals surface area contributed by atoms with Crippen molar-refractivity contribution in [3.8, 4) is 0 Å². The Balaban J connectivity index is 2.97. The molecule has 0 radical (unpaired) electrons. The van der Waals surface area contributed by atoms with Crippen LogP contribution in [-0.4, -0.2) is 18.2 Å². The fraction of sp³-hybridized carbons (Fsp3) is 0.471. The zero-order chi connectivity index (χ0) is 15.0. The van der Waals surface area contributed by atoms with Crippen LogP contribution in [-0.2, 0) is 16.0 Å². The highest BCUT2D eigenvalue weighted by atomic mass is 16.5. The van der Waals surface area contributed by atoms with Crippen LogP contribution < -0.4 is 0 Å². The summed E-state index contributed by atoms with van der Waals surface area (Å²) in [5, 5.41) is 9.16. The first-order valence-corrected chi connectivity index (χ1v) is 7.18. The van der Waals surface area contributed by atoms with E-state index in [1.165, 1.54) is 31.9 Å². The molecule has 0 atom stereocenters. The first-order chi connectivity index (χ1) is 9.61. The van der Waals surface area contributed by atoms with Gasteiger partial charge in [-0.2, -0.15) is 0 Å². The van der Waals surface area contributed by atoms with Crippen molar-refractivity contribution in [3.63, 3.8) is 0 Å². The molecule has 0 aromatic heterocycles. The van der Waals surface area contributed by atoms with Crippen LogP contribution in [0.5, 0.6) is 0 Å². The van der Waals surface area contributed by atoms with Gasteiger partial charge in [-0.05, 0) is 30.9 Å². The molecule has 1 rings (SSSR count). The van der Waals surface area contributed by atoms with Crippen molar-refractivity contribution in [1.82, 2.24) is 0 Å². The van der Waals surface area contributed by atoms with E-state index in [0.717, 1.165) is 18.4 Å². The molecule has 0 aliphatic heterocycles. The van der Waals surface area contributed by atoms with Gasteiger partial charge in [0.15, 0.2) is 0 Å². The van der Waals surface area contributed by atoms with Crippen LogP contribution in [0.15, 0.2) is 30.0 Å². The first-order valence-electron chi connectivity index (χ1n) is 7.18. The molecule has 1 aromatic rings. The van der Waals surface area contributed by atoms with Crippen molar-refractivity contribution in [2.75, 3.05) is 7.11 Å². The van der Waals surface area contributed by atoms with Gasteiger partial charge in [-0.3, -0.25) is 0 Å². The molecule has 0 unspecified atom stereocenters. The summed E-state index contributed by atoms with van der Waals surface area (Å²) in [4.78, 5) is 11.2. The predicted octanol–water partition coefficient (Wildman–Crippen LogP) is 4.27. The quantitative estimate of drug-likeness (QED) is 0.438. The maximum Gasteiger partial charge on any atom is 0.371 e. The number of carbonyl (C=O) groups is 1. The highest BCUT2D eigenvalue weighted by molar-refractivity contribution is 5.94. The average molecular weight is 276 g/mol. The van der Waals surface area contributed by atoms with E-state index >= 15 is 0 Å². The Kier molecular flexibility index (Phi) is 6.85. The van der Waals surface area contributed by atoms with Gasteiger partial charge < -0.3 is 9.84 Å². The molecule has 110 valence electrons. The number of hydrogen-bond acceptors (Lipinski definition) is 2. The smallest absolute Gasteiger partial charge is 0.371 e. The third-order valence-corrected chi connectivity index (χ3v) is 3.46. The van der Waals surface area contributed by atoms with E-state index in [-0.39, 0.29) is 5.76 Å². The van der Waals surface area contributed by atoms with Gasteiger partial charge in [0.2, 0.25) is 5.76 Å². The van der Waals surface area contributed by atoms with Gasteiger partial charge in [-0.1, -0.05) is 50.5 Å². The molecule has 0 saturated carbocycles. The number of methoxy groups -OCH3 is 1. The van der Waals surface area contributed by atoms with Crippen LogP contribution in [0.25, 0.3) is 5.57 Å². The minimum absolute atomic E-state index is 0.0195. The highest BCUT2D eigenvalue weighted by Crippen LogP contribution is 2.24. The maximum absolute atomic E-state index is 11.2. The molecular formula is C17H24O3. The molecule has 0 heterocycles. The SMILES string of the molecule is CCCCCCc1ccccc1C(C)=C(OC)C(=O)O. The summed E-state index contributed by atoms with van der Waals surface area (Å²) in [5.41, 5.74) is 2.85. The van der Waals surface area contributed by atoms with Crippen molar-refractivity contribution < 1.29 is 14.6 Å². The highest BCUT2D eigenvalue weighted by Gasteiger charge is 2.15. The normalized spacial score (nSPS) is 11.9. The summed E-state index contributed by atoms with van der Waals surface area (Å²) in [5.74, 6) is -1.00. The number of carboxylic acids is 1. The molecule has 3 heteroatoms. The lowest BCUT2D eigenvalue weighted by Crippen LogP contribution is -2.06. The Morgan fingerprint density at radius 1 is 1.20 bits per heavy atom. The second-order valence-electron chi connectivity index (χ2n) is 4.93. The monoisotopic (exact) mass is 276 g/mol. The third-order valence-electron chi connectivity index (χ3n) is 3.46. The molecule has 1 N–H and O–H groups in total. The lowest BCUT2D eigenvalue weighted by molar-refractivity contribution is -0.135. The molecule has 0 saturated heterocycles. The van der Waals surface area contributed by atoms with E-state index in [1.807, 2.05) is 18.2 Å². The molecule has 0 amide bonds. The summed E-state index contributed by atoms with van der Waals surface area (Å²) in [6, 6.07) is 7.97. The predicted molar refractivity (Wildman–Crippen MR) is 81.5 cm³/mol. The van der Waals surface area contributed by atoms with Gasteiger partial charge in [-0.25, -0.2) is 4.79 Å². The van der Waals surface area contributed by atoms with Crippen LogP contribution in [0.2, 0.25) is 0 Å². The van der Waals surface area contributed by atoms with E-state index in [2.05, 4.69) is 13.0 Å². The molecular weight excluding hydrogens is 252 g/mol. The summed E-state index contributed by atoms with van der Waals surface area (Å²) < 4.78 is 5.01. The van der Waals surface area contributed by atoms with Gasteiger partial charge in [0, 0.05) is 5.57 Å².